The highest BCUT2D eigenvalue weighted by molar-refractivity contribution is 5.94. The van der Waals surface area contributed by atoms with Crippen molar-refractivity contribution in [2.75, 3.05) is 0 Å². The predicted octanol–water partition coefficient (Wildman–Crippen LogP) is 5.19. The molecule has 0 unspecified atom stereocenters. The first-order valence-corrected chi connectivity index (χ1v) is 9.79. The molecule has 4 aromatic rings. The molecule has 0 spiro atoms. The molecular formula is C26H19NO4. The molecule has 0 aromatic heterocycles. The molecule has 0 amide bonds. The largest absolute Gasteiger partial charge is 0.481 e. The van der Waals surface area contributed by atoms with E-state index in [1.54, 1.807) is 24.3 Å². The Hall–Kier alpha value is -4.17. The van der Waals surface area contributed by atoms with Crippen LogP contribution < -0.4 is 0 Å². The van der Waals surface area contributed by atoms with Crippen LogP contribution in [0.5, 0.6) is 0 Å². The Morgan fingerprint density at radius 2 is 1.23 bits per heavy atom. The second-order valence-electron chi connectivity index (χ2n) is 7.53. The molecule has 0 aliphatic heterocycles. The van der Waals surface area contributed by atoms with Gasteiger partial charge < -0.3 is 10.2 Å². The second-order valence-corrected chi connectivity index (χ2v) is 7.53. The lowest BCUT2D eigenvalue weighted by atomic mass is 9.66. The predicted molar refractivity (Wildman–Crippen MR) is 118 cm³/mol. The second kappa shape index (κ2) is 7.92. The highest BCUT2D eigenvalue weighted by atomic mass is 16.4. The van der Waals surface area contributed by atoms with Gasteiger partial charge in [-0.2, -0.15) is 5.26 Å². The van der Waals surface area contributed by atoms with Gasteiger partial charge in [0.1, 0.15) is 0 Å². The van der Waals surface area contributed by atoms with Crippen LogP contribution in [-0.4, -0.2) is 22.2 Å². The van der Waals surface area contributed by atoms with Gasteiger partial charge in [-0.05, 0) is 32.7 Å². The maximum absolute atomic E-state index is 12.6. The molecule has 152 valence electrons. The first-order chi connectivity index (χ1) is 15.0. The third-order valence-corrected chi connectivity index (χ3v) is 5.77. The highest BCUT2D eigenvalue weighted by Crippen LogP contribution is 2.47. The van der Waals surface area contributed by atoms with Crippen molar-refractivity contribution in [2.45, 2.75) is 12.3 Å². The van der Waals surface area contributed by atoms with Crippen LogP contribution in [0.2, 0.25) is 0 Å². The maximum atomic E-state index is 12.6. The van der Waals surface area contributed by atoms with Crippen molar-refractivity contribution < 1.29 is 19.8 Å². The number of carboxylic acid groups (broad SMARTS) is 2. The topological polar surface area (TPSA) is 98.4 Å². The highest BCUT2D eigenvalue weighted by Gasteiger charge is 2.50. The van der Waals surface area contributed by atoms with Crippen molar-refractivity contribution in [1.29, 1.82) is 5.26 Å². The minimum absolute atomic E-state index is 0.611. The van der Waals surface area contributed by atoms with Crippen molar-refractivity contribution in [1.82, 2.24) is 0 Å². The Bertz CT molecular complexity index is 1260. The number of fused-ring (bicyclic) bond motifs is 2. The van der Waals surface area contributed by atoms with E-state index in [2.05, 4.69) is 0 Å². The summed E-state index contributed by atoms with van der Waals surface area (Å²) in [6, 6.07) is 27.9. The van der Waals surface area contributed by atoms with Gasteiger partial charge in [-0.25, -0.2) is 0 Å². The Kier molecular flexibility index (Phi) is 5.14. The number of nitrogens with zero attached hydrogens (tertiary/aromatic N) is 1. The van der Waals surface area contributed by atoms with E-state index in [9.17, 15) is 25.1 Å². The summed E-state index contributed by atoms with van der Waals surface area (Å²) in [5, 5.41) is 33.3. The molecule has 5 nitrogen and oxygen atoms in total. The van der Waals surface area contributed by atoms with Crippen LogP contribution >= 0.6 is 0 Å². The van der Waals surface area contributed by atoms with Crippen LogP contribution in [0.1, 0.15) is 23.5 Å². The molecule has 31 heavy (non-hydrogen) atoms. The molecule has 0 bridgehead atoms. The summed E-state index contributed by atoms with van der Waals surface area (Å²) in [6.07, 6.45) is -0.823. The summed E-state index contributed by atoms with van der Waals surface area (Å²) in [6.45, 7) is 0. The van der Waals surface area contributed by atoms with Crippen LogP contribution in [-0.2, 0) is 9.59 Å². The molecule has 4 aromatic carbocycles. The van der Waals surface area contributed by atoms with Crippen LogP contribution in [0, 0.1) is 16.7 Å². The third-order valence-electron chi connectivity index (χ3n) is 5.77. The standard InChI is InChI=1S/C26H19NO4/c27-16-26(25(30)31,15-23(28)29)24(21-13-5-9-17-7-1-3-11-19(17)21)22-14-6-10-18-8-2-4-12-20(18)22/h1-14,24H,15H2,(H,28,29)(H,30,31)/t26-/m1/s1. The quantitative estimate of drug-likeness (QED) is 0.456. The molecule has 5 heteroatoms. The van der Waals surface area contributed by atoms with Crippen LogP contribution in [0.15, 0.2) is 84.9 Å². The van der Waals surface area contributed by atoms with Gasteiger partial charge in [-0.1, -0.05) is 84.9 Å². The lowest BCUT2D eigenvalue weighted by Gasteiger charge is -2.32. The van der Waals surface area contributed by atoms with Crippen molar-refractivity contribution in [3.05, 3.63) is 96.1 Å². The molecule has 0 radical (unpaired) electrons. The summed E-state index contributed by atoms with van der Waals surface area (Å²) in [5.41, 5.74) is -0.973. The van der Waals surface area contributed by atoms with E-state index < -0.39 is 29.7 Å². The fraction of sp³-hybridized carbons (Fsp3) is 0.115. The smallest absolute Gasteiger partial charge is 0.325 e. The lowest BCUT2D eigenvalue weighted by Crippen LogP contribution is -2.39. The van der Waals surface area contributed by atoms with E-state index in [4.69, 9.17) is 0 Å². The number of benzene rings is 4. The van der Waals surface area contributed by atoms with Crippen LogP contribution in [0.3, 0.4) is 0 Å². The Morgan fingerprint density at radius 3 is 1.65 bits per heavy atom. The van der Waals surface area contributed by atoms with Crippen molar-refractivity contribution in [3.8, 4) is 6.07 Å². The van der Waals surface area contributed by atoms with E-state index in [1.807, 2.05) is 66.7 Å². The number of nitriles is 1. The van der Waals surface area contributed by atoms with Crippen molar-refractivity contribution in [3.63, 3.8) is 0 Å². The first-order valence-electron chi connectivity index (χ1n) is 9.79. The average Bonchev–Trinajstić information content (AvgIpc) is 2.78. The number of carbonyl (C=O) groups is 2. The van der Waals surface area contributed by atoms with Crippen molar-refractivity contribution >= 4 is 33.5 Å². The molecule has 0 fully saturated rings. The molecule has 0 saturated carbocycles. The van der Waals surface area contributed by atoms with Gasteiger partial charge in [0, 0.05) is 5.92 Å². The van der Waals surface area contributed by atoms with Crippen LogP contribution in [0.4, 0.5) is 0 Å². The minimum Gasteiger partial charge on any atom is -0.481 e. The zero-order valence-electron chi connectivity index (χ0n) is 16.5. The first kappa shape index (κ1) is 20.1. The third kappa shape index (κ3) is 3.38. The summed E-state index contributed by atoms with van der Waals surface area (Å²) < 4.78 is 0. The molecule has 0 aliphatic carbocycles. The van der Waals surface area contributed by atoms with E-state index >= 15 is 0 Å². The Balaban J connectivity index is 2.14. The zero-order valence-corrected chi connectivity index (χ0v) is 16.5. The number of aliphatic carboxylic acids is 2. The van der Waals surface area contributed by atoms with Crippen LogP contribution in [0.25, 0.3) is 21.5 Å². The van der Waals surface area contributed by atoms with Gasteiger partial charge in [0.2, 0.25) is 0 Å². The molecule has 0 heterocycles. The number of hydrogen-bond acceptors (Lipinski definition) is 3. The zero-order chi connectivity index (χ0) is 22.0. The fourth-order valence-corrected chi connectivity index (χ4v) is 4.39. The Morgan fingerprint density at radius 1 is 0.774 bits per heavy atom. The summed E-state index contributed by atoms with van der Waals surface area (Å²) >= 11 is 0. The molecule has 2 N–H and O–H groups in total. The SMILES string of the molecule is N#C[C@@](CC(=O)O)(C(=O)O)C(c1cccc2ccccc12)c1cccc2ccccc12. The summed E-state index contributed by atoms with van der Waals surface area (Å²) in [4.78, 5) is 24.3. The van der Waals surface area contributed by atoms with Gasteiger partial charge in [0.25, 0.3) is 0 Å². The number of carboxylic acids is 2. The molecule has 0 aliphatic rings. The molecule has 4 rings (SSSR count). The van der Waals surface area contributed by atoms with E-state index in [1.165, 1.54) is 0 Å². The van der Waals surface area contributed by atoms with E-state index in [0.717, 1.165) is 21.5 Å². The van der Waals surface area contributed by atoms with Crippen molar-refractivity contribution in [2.24, 2.45) is 5.41 Å². The summed E-state index contributed by atoms with van der Waals surface area (Å²) in [7, 11) is 0. The van der Waals surface area contributed by atoms with Gasteiger partial charge in [0.05, 0.1) is 12.5 Å². The van der Waals surface area contributed by atoms with Gasteiger partial charge in [-0.3, -0.25) is 9.59 Å². The fourth-order valence-electron chi connectivity index (χ4n) is 4.39. The lowest BCUT2D eigenvalue weighted by molar-refractivity contribution is -0.153. The monoisotopic (exact) mass is 409 g/mol. The van der Waals surface area contributed by atoms with Gasteiger partial charge in [-0.15, -0.1) is 0 Å². The van der Waals surface area contributed by atoms with Gasteiger partial charge in [0.15, 0.2) is 5.41 Å². The summed E-state index contributed by atoms with van der Waals surface area (Å²) in [5.74, 6) is -3.79. The van der Waals surface area contributed by atoms with Gasteiger partial charge >= 0.3 is 11.9 Å². The molecule has 0 saturated heterocycles. The van der Waals surface area contributed by atoms with E-state index in [0.29, 0.717) is 11.1 Å². The Labute approximate surface area is 178 Å². The molecule has 1 atom stereocenters. The maximum Gasteiger partial charge on any atom is 0.325 e. The molecular weight excluding hydrogens is 390 g/mol. The van der Waals surface area contributed by atoms with E-state index in [-0.39, 0.29) is 0 Å². The number of hydrogen-bond donors (Lipinski definition) is 2. The normalized spacial score (nSPS) is 13.0. The average molecular weight is 409 g/mol. The minimum atomic E-state index is -2.19. The number of rotatable bonds is 6.